The van der Waals surface area contributed by atoms with Crippen LogP contribution >= 0.6 is 0 Å². The SMILES string of the molecule is CC1(c2cccc3ccccc23)OC(=O)NC1=O. The molecule has 4 heteroatoms. The lowest BCUT2D eigenvalue weighted by atomic mass is 9.90. The van der Waals surface area contributed by atoms with Gasteiger partial charge in [-0.3, -0.25) is 10.1 Å². The Hall–Kier alpha value is -2.36. The van der Waals surface area contributed by atoms with Gasteiger partial charge in [0.25, 0.3) is 5.91 Å². The fraction of sp³-hybridized carbons (Fsp3) is 0.143. The molecule has 1 heterocycles. The van der Waals surface area contributed by atoms with E-state index in [9.17, 15) is 9.59 Å². The van der Waals surface area contributed by atoms with Crippen LogP contribution in [0, 0.1) is 0 Å². The van der Waals surface area contributed by atoms with Crippen molar-refractivity contribution >= 4 is 22.8 Å². The number of rotatable bonds is 1. The summed E-state index contributed by atoms with van der Waals surface area (Å²) < 4.78 is 5.16. The van der Waals surface area contributed by atoms with E-state index >= 15 is 0 Å². The summed E-state index contributed by atoms with van der Waals surface area (Å²) >= 11 is 0. The molecular formula is C14H11NO3. The number of hydrogen-bond acceptors (Lipinski definition) is 3. The first-order valence-corrected chi connectivity index (χ1v) is 5.64. The molecule has 2 aromatic rings. The van der Waals surface area contributed by atoms with E-state index in [1.54, 1.807) is 13.0 Å². The summed E-state index contributed by atoms with van der Waals surface area (Å²) in [7, 11) is 0. The van der Waals surface area contributed by atoms with Crippen molar-refractivity contribution in [1.29, 1.82) is 0 Å². The molecule has 90 valence electrons. The Morgan fingerprint density at radius 3 is 2.50 bits per heavy atom. The average Bonchev–Trinajstić information content (AvgIpc) is 2.63. The zero-order valence-corrected chi connectivity index (χ0v) is 9.77. The minimum absolute atomic E-state index is 0.427. The number of alkyl carbamates (subject to hydrolysis) is 1. The van der Waals surface area contributed by atoms with Crippen molar-refractivity contribution in [1.82, 2.24) is 5.32 Å². The highest BCUT2D eigenvalue weighted by atomic mass is 16.6. The van der Waals surface area contributed by atoms with Gasteiger partial charge >= 0.3 is 6.09 Å². The van der Waals surface area contributed by atoms with Gasteiger partial charge in [0.05, 0.1) is 0 Å². The predicted octanol–water partition coefficient (Wildman–Crippen LogP) is 2.32. The number of ether oxygens (including phenoxy) is 1. The average molecular weight is 241 g/mol. The van der Waals surface area contributed by atoms with Crippen molar-refractivity contribution in [3.05, 3.63) is 48.0 Å². The van der Waals surface area contributed by atoms with Crippen LogP contribution in [-0.2, 0) is 15.1 Å². The van der Waals surface area contributed by atoms with Gasteiger partial charge in [-0.1, -0.05) is 42.5 Å². The van der Waals surface area contributed by atoms with Crippen molar-refractivity contribution in [2.75, 3.05) is 0 Å². The molecule has 0 aliphatic carbocycles. The Kier molecular flexibility index (Phi) is 2.13. The summed E-state index contributed by atoms with van der Waals surface area (Å²) in [5.41, 5.74) is -0.554. The van der Waals surface area contributed by atoms with E-state index in [0.717, 1.165) is 10.8 Å². The molecule has 2 aromatic carbocycles. The molecule has 18 heavy (non-hydrogen) atoms. The van der Waals surface area contributed by atoms with Crippen LogP contribution in [0.2, 0.25) is 0 Å². The number of carbonyl (C=O) groups is 2. The number of benzene rings is 2. The Morgan fingerprint density at radius 1 is 1.06 bits per heavy atom. The summed E-state index contributed by atoms with van der Waals surface area (Å²) in [6.45, 7) is 1.61. The Bertz CT molecular complexity index is 660. The minimum Gasteiger partial charge on any atom is -0.428 e. The monoisotopic (exact) mass is 241 g/mol. The van der Waals surface area contributed by atoms with E-state index in [4.69, 9.17) is 4.74 Å². The Balaban J connectivity index is 2.26. The zero-order chi connectivity index (χ0) is 12.8. The van der Waals surface area contributed by atoms with Crippen LogP contribution in [0.25, 0.3) is 10.8 Å². The number of amides is 2. The fourth-order valence-electron chi connectivity index (χ4n) is 2.29. The van der Waals surface area contributed by atoms with E-state index < -0.39 is 17.6 Å². The topological polar surface area (TPSA) is 55.4 Å². The van der Waals surface area contributed by atoms with Crippen LogP contribution in [0.4, 0.5) is 4.79 Å². The second-order valence-corrected chi connectivity index (χ2v) is 4.40. The third kappa shape index (κ3) is 1.39. The lowest BCUT2D eigenvalue weighted by molar-refractivity contribution is -0.130. The first-order chi connectivity index (χ1) is 8.61. The van der Waals surface area contributed by atoms with E-state index in [-0.39, 0.29) is 0 Å². The van der Waals surface area contributed by atoms with Crippen LogP contribution in [-0.4, -0.2) is 12.0 Å². The second kappa shape index (κ2) is 3.57. The first kappa shape index (κ1) is 10.8. The van der Waals surface area contributed by atoms with Crippen molar-refractivity contribution in [2.24, 2.45) is 0 Å². The lowest BCUT2D eigenvalue weighted by Crippen LogP contribution is -2.33. The molecule has 3 rings (SSSR count). The van der Waals surface area contributed by atoms with Gasteiger partial charge in [0, 0.05) is 5.56 Å². The maximum absolute atomic E-state index is 11.9. The molecule has 1 aliphatic rings. The molecule has 1 unspecified atom stereocenters. The van der Waals surface area contributed by atoms with Crippen LogP contribution in [0.15, 0.2) is 42.5 Å². The quantitative estimate of drug-likeness (QED) is 0.833. The maximum Gasteiger partial charge on any atom is 0.415 e. The molecule has 2 amide bonds. The van der Waals surface area contributed by atoms with E-state index in [1.165, 1.54) is 0 Å². The second-order valence-electron chi connectivity index (χ2n) is 4.40. The van der Waals surface area contributed by atoms with Gasteiger partial charge in [-0.05, 0) is 17.7 Å². The number of hydrogen-bond donors (Lipinski definition) is 1. The molecule has 0 bridgehead atoms. The highest BCUT2D eigenvalue weighted by molar-refractivity contribution is 6.05. The molecule has 1 saturated heterocycles. The number of cyclic esters (lactones) is 1. The molecular weight excluding hydrogens is 230 g/mol. The smallest absolute Gasteiger partial charge is 0.415 e. The first-order valence-electron chi connectivity index (χ1n) is 5.64. The fourth-order valence-corrected chi connectivity index (χ4v) is 2.29. The zero-order valence-electron chi connectivity index (χ0n) is 9.77. The van der Waals surface area contributed by atoms with Crippen LogP contribution < -0.4 is 5.32 Å². The lowest BCUT2D eigenvalue weighted by Gasteiger charge is -2.21. The Morgan fingerprint density at radius 2 is 1.78 bits per heavy atom. The molecule has 1 fully saturated rings. The van der Waals surface area contributed by atoms with Gasteiger partial charge in [0.1, 0.15) is 0 Å². The van der Waals surface area contributed by atoms with Crippen molar-refractivity contribution < 1.29 is 14.3 Å². The summed E-state index contributed by atoms with van der Waals surface area (Å²) in [6.07, 6.45) is -0.699. The third-order valence-corrected chi connectivity index (χ3v) is 3.25. The summed E-state index contributed by atoms with van der Waals surface area (Å²) in [5.74, 6) is -0.427. The van der Waals surface area contributed by atoms with Gasteiger partial charge in [0.2, 0.25) is 5.60 Å². The molecule has 1 N–H and O–H groups in total. The molecule has 0 radical (unpaired) electrons. The van der Waals surface area contributed by atoms with Crippen molar-refractivity contribution in [3.8, 4) is 0 Å². The molecule has 0 spiro atoms. The Labute approximate surface area is 104 Å². The normalized spacial score (nSPS) is 22.9. The van der Waals surface area contributed by atoms with Gasteiger partial charge < -0.3 is 4.74 Å². The highest BCUT2D eigenvalue weighted by Crippen LogP contribution is 2.34. The van der Waals surface area contributed by atoms with Crippen LogP contribution in [0.1, 0.15) is 12.5 Å². The summed E-state index contributed by atoms with van der Waals surface area (Å²) in [4.78, 5) is 23.1. The summed E-state index contributed by atoms with van der Waals surface area (Å²) in [5, 5.41) is 4.09. The number of imide groups is 1. The summed E-state index contributed by atoms with van der Waals surface area (Å²) in [6, 6.07) is 13.3. The van der Waals surface area contributed by atoms with Gasteiger partial charge in [0.15, 0.2) is 0 Å². The van der Waals surface area contributed by atoms with E-state index in [0.29, 0.717) is 5.56 Å². The van der Waals surface area contributed by atoms with Crippen LogP contribution in [0.3, 0.4) is 0 Å². The molecule has 1 aliphatic heterocycles. The standard InChI is InChI=1S/C14H11NO3/c1-14(12(16)15-13(17)18-14)11-8-4-6-9-5-2-3-7-10(9)11/h2-8H,1H3,(H,15,16,17). The van der Waals surface area contributed by atoms with Gasteiger partial charge in [-0.2, -0.15) is 0 Å². The highest BCUT2D eigenvalue weighted by Gasteiger charge is 2.47. The predicted molar refractivity (Wildman–Crippen MR) is 65.9 cm³/mol. The van der Waals surface area contributed by atoms with Crippen molar-refractivity contribution in [2.45, 2.75) is 12.5 Å². The molecule has 4 nitrogen and oxygen atoms in total. The van der Waals surface area contributed by atoms with Gasteiger partial charge in [-0.15, -0.1) is 0 Å². The minimum atomic E-state index is -1.25. The van der Waals surface area contributed by atoms with Crippen molar-refractivity contribution in [3.63, 3.8) is 0 Å². The maximum atomic E-state index is 11.9. The molecule has 0 aromatic heterocycles. The number of fused-ring (bicyclic) bond motifs is 1. The number of nitrogens with one attached hydrogen (secondary N) is 1. The molecule has 0 saturated carbocycles. The number of carbonyl (C=O) groups excluding carboxylic acids is 2. The van der Waals surface area contributed by atoms with E-state index in [2.05, 4.69) is 5.32 Å². The van der Waals surface area contributed by atoms with Gasteiger partial charge in [-0.25, -0.2) is 4.79 Å². The van der Waals surface area contributed by atoms with Crippen LogP contribution in [0.5, 0.6) is 0 Å². The largest absolute Gasteiger partial charge is 0.428 e. The van der Waals surface area contributed by atoms with E-state index in [1.807, 2.05) is 36.4 Å². The third-order valence-electron chi connectivity index (χ3n) is 3.25. The molecule has 1 atom stereocenters.